The molecule has 2 aromatic carbocycles. The number of carbonyl (C=O) groups is 1. The van der Waals surface area contributed by atoms with Gasteiger partial charge in [0.25, 0.3) is 0 Å². The molecule has 0 spiro atoms. The van der Waals surface area contributed by atoms with E-state index in [-0.39, 0.29) is 5.97 Å². The highest BCUT2D eigenvalue weighted by atomic mass is 79.9. The third-order valence-corrected chi connectivity index (χ3v) is 3.74. The Hall–Kier alpha value is -2.20. The monoisotopic (exact) mass is 341 g/mol. The van der Waals surface area contributed by atoms with Crippen molar-refractivity contribution in [1.82, 2.24) is 4.98 Å². The van der Waals surface area contributed by atoms with E-state index in [9.17, 15) is 4.79 Å². The van der Waals surface area contributed by atoms with Crippen molar-refractivity contribution in [1.29, 1.82) is 0 Å². The van der Waals surface area contributed by atoms with Crippen LogP contribution in [0, 0.1) is 0 Å². The molecule has 0 aliphatic heterocycles. The van der Waals surface area contributed by atoms with Crippen molar-refractivity contribution in [3.63, 3.8) is 0 Å². The molecule has 0 radical (unpaired) electrons. The Morgan fingerprint density at radius 1 is 1.10 bits per heavy atom. The van der Waals surface area contributed by atoms with Crippen LogP contribution >= 0.6 is 15.9 Å². The maximum absolute atomic E-state index is 12.0. The summed E-state index contributed by atoms with van der Waals surface area (Å²) in [5.41, 5.74) is 2.99. The van der Waals surface area contributed by atoms with Crippen LogP contribution in [0.2, 0.25) is 0 Å². The van der Waals surface area contributed by atoms with Gasteiger partial charge in [-0.05, 0) is 24.3 Å². The highest BCUT2D eigenvalue weighted by Crippen LogP contribution is 2.27. The predicted octanol–water partition coefficient (Wildman–Crippen LogP) is 4.45. The van der Waals surface area contributed by atoms with E-state index in [4.69, 9.17) is 4.74 Å². The van der Waals surface area contributed by atoms with Crippen molar-refractivity contribution in [2.75, 3.05) is 7.11 Å². The number of pyridine rings is 1. The summed E-state index contributed by atoms with van der Waals surface area (Å²) >= 11 is 3.45. The number of hydrogen-bond acceptors (Lipinski definition) is 3. The Morgan fingerprint density at radius 3 is 2.67 bits per heavy atom. The number of carbonyl (C=O) groups excluding carboxylic acids is 1. The number of nitrogens with zero attached hydrogens (tertiary/aromatic N) is 1. The number of fused-ring (bicyclic) bond motifs is 1. The highest BCUT2D eigenvalue weighted by Gasteiger charge is 2.14. The molecule has 3 aromatic rings. The Morgan fingerprint density at radius 2 is 1.90 bits per heavy atom. The summed E-state index contributed by atoms with van der Waals surface area (Å²) in [6.45, 7) is 0. The fraction of sp³-hybridized carbons (Fsp3) is 0.0588. The molecule has 3 rings (SSSR count). The normalized spacial score (nSPS) is 10.6. The topological polar surface area (TPSA) is 39.2 Å². The van der Waals surface area contributed by atoms with E-state index < -0.39 is 0 Å². The van der Waals surface area contributed by atoms with E-state index in [1.807, 2.05) is 48.5 Å². The van der Waals surface area contributed by atoms with Gasteiger partial charge in [0.1, 0.15) is 0 Å². The maximum Gasteiger partial charge on any atom is 0.338 e. The minimum Gasteiger partial charge on any atom is -0.465 e. The summed E-state index contributed by atoms with van der Waals surface area (Å²) in [7, 11) is 1.39. The molecular weight excluding hydrogens is 330 g/mol. The van der Waals surface area contributed by atoms with Gasteiger partial charge in [-0.1, -0.05) is 46.3 Å². The molecule has 0 aliphatic rings. The third kappa shape index (κ3) is 2.67. The summed E-state index contributed by atoms with van der Waals surface area (Å²) < 4.78 is 5.85. The molecule has 0 saturated carbocycles. The summed E-state index contributed by atoms with van der Waals surface area (Å²) in [4.78, 5) is 16.7. The van der Waals surface area contributed by atoms with E-state index in [1.165, 1.54) is 7.11 Å². The lowest BCUT2D eigenvalue weighted by Crippen LogP contribution is -2.03. The fourth-order valence-corrected chi connectivity index (χ4v) is 2.65. The largest absolute Gasteiger partial charge is 0.465 e. The van der Waals surface area contributed by atoms with Crippen molar-refractivity contribution in [2.24, 2.45) is 0 Å². The minimum absolute atomic E-state index is 0.357. The molecule has 0 saturated heterocycles. The van der Waals surface area contributed by atoms with Crippen LogP contribution in [0.15, 0.2) is 59.1 Å². The van der Waals surface area contributed by atoms with Gasteiger partial charge < -0.3 is 4.74 Å². The number of hydrogen-bond donors (Lipinski definition) is 0. The molecule has 0 N–H and O–H groups in total. The summed E-state index contributed by atoms with van der Waals surface area (Å²) in [6, 6.07) is 17.1. The van der Waals surface area contributed by atoms with Gasteiger partial charge in [0.05, 0.1) is 23.9 Å². The Labute approximate surface area is 130 Å². The first-order valence-electron chi connectivity index (χ1n) is 6.43. The molecule has 21 heavy (non-hydrogen) atoms. The number of rotatable bonds is 2. The fourth-order valence-electron chi connectivity index (χ4n) is 2.25. The third-order valence-electron chi connectivity index (χ3n) is 3.24. The molecule has 1 aromatic heterocycles. The van der Waals surface area contributed by atoms with Crippen LogP contribution in [0.25, 0.3) is 22.2 Å². The average Bonchev–Trinajstić information content (AvgIpc) is 2.53. The molecule has 1 heterocycles. The molecule has 0 bridgehead atoms. The lowest BCUT2D eigenvalue weighted by Gasteiger charge is -2.08. The van der Waals surface area contributed by atoms with Crippen molar-refractivity contribution in [3.8, 4) is 11.3 Å². The minimum atomic E-state index is -0.357. The molecule has 0 fully saturated rings. The Bertz CT molecular complexity index is 830. The zero-order valence-corrected chi connectivity index (χ0v) is 12.9. The van der Waals surface area contributed by atoms with Gasteiger partial charge in [-0.3, -0.25) is 0 Å². The quantitative estimate of drug-likeness (QED) is 0.646. The van der Waals surface area contributed by atoms with Gasteiger partial charge in [0, 0.05) is 15.4 Å². The summed E-state index contributed by atoms with van der Waals surface area (Å²) in [6.07, 6.45) is 0. The lowest BCUT2D eigenvalue weighted by molar-refractivity contribution is 0.0603. The van der Waals surface area contributed by atoms with Crippen LogP contribution < -0.4 is 0 Å². The number of aromatic nitrogens is 1. The van der Waals surface area contributed by atoms with Crippen LogP contribution in [0.5, 0.6) is 0 Å². The smallest absolute Gasteiger partial charge is 0.338 e. The van der Waals surface area contributed by atoms with Gasteiger partial charge in [0.2, 0.25) is 0 Å². The molecule has 0 unspecified atom stereocenters. The Kier molecular flexibility index (Phi) is 3.71. The van der Waals surface area contributed by atoms with Crippen molar-refractivity contribution < 1.29 is 9.53 Å². The average molecular weight is 342 g/mol. The SMILES string of the molecule is COC(=O)c1cc(-c2cccc(Br)c2)nc2ccccc12. The standard InChI is InChI=1S/C17H12BrNO2/c1-21-17(20)14-10-16(11-5-4-6-12(18)9-11)19-15-8-3-2-7-13(14)15/h2-10H,1H3. The molecule has 104 valence electrons. The molecule has 0 amide bonds. The molecular formula is C17H12BrNO2. The maximum atomic E-state index is 12.0. The Balaban J connectivity index is 2.27. The molecule has 0 aliphatic carbocycles. The van der Waals surface area contributed by atoms with Crippen LogP contribution in [-0.2, 0) is 4.74 Å². The van der Waals surface area contributed by atoms with Gasteiger partial charge >= 0.3 is 5.97 Å². The molecule has 3 nitrogen and oxygen atoms in total. The number of esters is 1. The zero-order chi connectivity index (χ0) is 14.8. The van der Waals surface area contributed by atoms with E-state index in [2.05, 4.69) is 20.9 Å². The predicted molar refractivity (Wildman–Crippen MR) is 86.2 cm³/mol. The molecule has 4 heteroatoms. The summed E-state index contributed by atoms with van der Waals surface area (Å²) in [5.74, 6) is -0.357. The van der Waals surface area contributed by atoms with Crippen LogP contribution in [-0.4, -0.2) is 18.1 Å². The van der Waals surface area contributed by atoms with E-state index in [0.717, 1.165) is 26.6 Å². The van der Waals surface area contributed by atoms with Crippen molar-refractivity contribution >= 4 is 32.8 Å². The summed E-state index contributed by atoms with van der Waals surface area (Å²) in [5, 5.41) is 0.795. The number of methoxy groups -OCH3 is 1. The van der Waals surface area contributed by atoms with Crippen LogP contribution in [0.4, 0.5) is 0 Å². The lowest BCUT2D eigenvalue weighted by atomic mass is 10.0. The first-order chi connectivity index (χ1) is 10.2. The van der Waals surface area contributed by atoms with E-state index in [1.54, 1.807) is 6.07 Å². The van der Waals surface area contributed by atoms with Crippen molar-refractivity contribution in [2.45, 2.75) is 0 Å². The van der Waals surface area contributed by atoms with Gasteiger partial charge in [-0.2, -0.15) is 0 Å². The van der Waals surface area contributed by atoms with Crippen LogP contribution in [0.1, 0.15) is 10.4 Å². The first kappa shape index (κ1) is 13.8. The second-order valence-electron chi connectivity index (χ2n) is 4.57. The van der Waals surface area contributed by atoms with Gasteiger partial charge in [0.15, 0.2) is 0 Å². The second kappa shape index (κ2) is 5.66. The number of ether oxygens (including phenoxy) is 1. The number of benzene rings is 2. The number of para-hydroxylation sites is 1. The van der Waals surface area contributed by atoms with E-state index >= 15 is 0 Å². The number of halogens is 1. The van der Waals surface area contributed by atoms with Crippen molar-refractivity contribution in [3.05, 3.63) is 64.6 Å². The highest BCUT2D eigenvalue weighted by molar-refractivity contribution is 9.10. The molecule has 0 atom stereocenters. The van der Waals surface area contributed by atoms with E-state index in [0.29, 0.717) is 5.56 Å². The van der Waals surface area contributed by atoms with Crippen LogP contribution in [0.3, 0.4) is 0 Å². The zero-order valence-electron chi connectivity index (χ0n) is 11.3. The van der Waals surface area contributed by atoms with Gasteiger partial charge in [-0.15, -0.1) is 0 Å². The van der Waals surface area contributed by atoms with Gasteiger partial charge in [-0.25, -0.2) is 9.78 Å². The second-order valence-corrected chi connectivity index (χ2v) is 5.49. The first-order valence-corrected chi connectivity index (χ1v) is 7.22.